The molecule has 1 aliphatic heterocycles. The average Bonchev–Trinajstić information content (AvgIpc) is 2.75. The molecule has 0 spiro atoms. The van der Waals surface area contributed by atoms with E-state index >= 15 is 0 Å². The molecule has 15 heavy (non-hydrogen) atoms. The zero-order valence-corrected chi connectivity index (χ0v) is 8.30. The zero-order chi connectivity index (χ0) is 10.8. The Kier molecular flexibility index (Phi) is 2.37. The van der Waals surface area contributed by atoms with Gasteiger partial charge in [0.2, 0.25) is 11.8 Å². The fourth-order valence-electron chi connectivity index (χ4n) is 1.59. The van der Waals surface area contributed by atoms with Crippen LogP contribution in [-0.2, 0) is 11.3 Å². The second-order valence-electron chi connectivity index (χ2n) is 3.53. The highest BCUT2D eigenvalue weighted by Crippen LogP contribution is 2.18. The molecule has 0 N–H and O–H groups in total. The van der Waals surface area contributed by atoms with Gasteiger partial charge in [0.25, 0.3) is 0 Å². The molecule has 1 fully saturated rings. The van der Waals surface area contributed by atoms with E-state index < -0.39 is 0 Å². The fraction of sp³-hybridized carbons (Fsp3) is 0.556. The van der Waals surface area contributed by atoms with Crippen molar-refractivity contribution in [2.75, 3.05) is 6.54 Å². The first-order valence-electron chi connectivity index (χ1n) is 4.65. The number of amides is 1. The van der Waals surface area contributed by atoms with Crippen LogP contribution < -0.4 is 0 Å². The summed E-state index contributed by atoms with van der Waals surface area (Å²) in [5, 5.41) is 12.4. The number of rotatable bonds is 2. The van der Waals surface area contributed by atoms with Crippen molar-refractivity contribution in [3.63, 3.8) is 0 Å². The molecule has 0 aliphatic carbocycles. The third-order valence-electron chi connectivity index (χ3n) is 2.30. The normalized spacial score (nSPS) is 20.7. The van der Waals surface area contributed by atoms with E-state index in [4.69, 9.17) is 9.78 Å². The standard InChI is InChI=1S/C9H10N4O2/c1-6-11-8(12-15-6)5-13-4-7(3-10)2-9(13)14/h7H,2,4-5H2,1H3. The summed E-state index contributed by atoms with van der Waals surface area (Å²) in [6, 6.07) is 2.09. The maximum Gasteiger partial charge on any atom is 0.224 e. The van der Waals surface area contributed by atoms with Gasteiger partial charge in [-0.25, -0.2) is 0 Å². The van der Waals surface area contributed by atoms with Gasteiger partial charge < -0.3 is 9.42 Å². The van der Waals surface area contributed by atoms with Gasteiger partial charge >= 0.3 is 0 Å². The van der Waals surface area contributed by atoms with Crippen molar-refractivity contribution in [1.29, 1.82) is 5.26 Å². The Balaban J connectivity index is 2.02. The number of hydrogen-bond donors (Lipinski definition) is 0. The van der Waals surface area contributed by atoms with Gasteiger partial charge in [-0.3, -0.25) is 4.79 Å². The first-order chi connectivity index (χ1) is 7.19. The van der Waals surface area contributed by atoms with E-state index in [1.54, 1.807) is 11.8 Å². The number of aryl methyl sites for hydroxylation is 1. The van der Waals surface area contributed by atoms with Crippen LogP contribution in [0.15, 0.2) is 4.52 Å². The van der Waals surface area contributed by atoms with Crippen LogP contribution in [0.5, 0.6) is 0 Å². The molecule has 1 aromatic heterocycles. The van der Waals surface area contributed by atoms with E-state index in [-0.39, 0.29) is 11.8 Å². The van der Waals surface area contributed by atoms with Crippen molar-refractivity contribution in [2.24, 2.45) is 5.92 Å². The van der Waals surface area contributed by atoms with Crippen LogP contribution in [0, 0.1) is 24.2 Å². The molecule has 1 amide bonds. The number of carbonyl (C=O) groups is 1. The van der Waals surface area contributed by atoms with E-state index in [0.717, 1.165) is 0 Å². The van der Waals surface area contributed by atoms with E-state index in [9.17, 15) is 4.79 Å². The van der Waals surface area contributed by atoms with Crippen molar-refractivity contribution >= 4 is 5.91 Å². The van der Waals surface area contributed by atoms with Gasteiger partial charge in [-0.15, -0.1) is 0 Å². The predicted octanol–water partition coefficient (Wildman–Crippen LogP) is 0.250. The van der Waals surface area contributed by atoms with Crippen LogP contribution in [0.2, 0.25) is 0 Å². The summed E-state index contributed by atoms with van der Waals surface area (Å²) in [6.45, 7) is 2.48. The smallest absolute Gasteiger partial charge is 0.224 e. The monoisotopic (exact) mass is 206 g/mol. The highest BCUT2D eigenvalue weighted by atomic mass is 16.5. The molecule has 6 nitrogen and oxygen atoms in total. The number of aromatic nitrogens is 2. The Morgan fingerprint density at radius 2 is 2.53 bits per heavy atom. The molecule has 1 aliphatic rings. The number of hydrogen-bond acceptors (Lipinski definition) is 5. The molecule has 1 aromatic rings. The van der Waals surface area contributed by atoms with Crippen LogP contribution in [0.4, 0.5) is 0 Å². The summed E-state index contributed by atoms with van der Waals surface area (Å²) < 4.78 is 4.80. The second kappa shape index (κ2) is 3.69. The zero-order valence-electron chi connectivity index (χ0n) is 8.30. The van der Waals surface area contributed by atoms with Crippen LogP contribution in [-0.4, -0.2) is 27.5 Å². The average molecular weight is 206 g/mol. The highest BCUT2D eigenvalue weighted by Gasteiger charge is 2.30. The van der Waals surface area contributed by atoms with E-state index in [2.05, 4.69) is 16.2 Å². The maximum absolute atomic E-state index is 11.4. The lowest BCUT2D eigenvalue weighted by molar-refractivity contribution is -0.128. The van der Waals surface area contributed by atoms with Crippen LogP contribution in [0.25, 0.3) is 0 Å². The first-order valence-corrected chi connectivity index (χ1v) is 4.65. The number of likely N-dealkylation sites (tertiary alicyclic amines) is 1. The molecule has 1 unspecified atom stereocenters. The van der Waals surface area contributed by atoms with Crippen LogP contribution >= 0.6 is 0 Å². The molecule has 6 heteroatoms. The Morgan fingerprint density at radius 1 is 1.73 bits per heavy atom. The molecule has 2 heterocycles. The maximum atomic E-state index is 11.4. The summed E-state index contributed by atoms with van der Waals surface area (Å²) in [5.41, 5.74) is 0. The van der Waals surface area contributed by atoms with Gasteiger partial charge in [0.15, 0.2) is 5.82 Å². The first kappa shape index (κ1) is 9.65. The van der Waals surface area contributed by atoms with Gasteiger partial charge in [0, 0.05) is 19.9 Å². The van der Waals surface area contributed by atoms with Crippen LogP contribution in [0.1, 0.15) is 18.1 Å². The van der Waals surface area contributed by atoms with Crippen molar-refractivity contribution in [2.45, 2.75) is 19.9 Å². The van der Waals surface area contributed by atoms with Crippen molar-refractivity contribution in [1.82, 2.24) is 15.0 Å². The minimum Gasteiger partial charge on any atom is -0.340 e. The summed E-state index contributed by atoms with van der Waals surface area (Å²) >= 11 is 0. The van der Waals surface area contributed by atoms with E-state index in [1.165, 1.54) is 0 Å². The van der Waals surface area contributed by atoms with Gasteiger partial charge in [0.1, 0.15) is 0 Å². The molecule has 0 bridgehead atoms. The van der Waals surface area contributed by atoms with E-state index in [0.29, 0.717) is 31.2 Å². The van der Waals surface area contributed by atoms with Gasteiger partial charge in [-0.2, -0.15) is 10.2 Å². The van der Waals surface area contributed by atoms with Crippen LogP contribution in [0.3, 0.4) is 0 Å². The lowest BCUT2D eigenvalue weighted by Gasteiger charge is -2.11. The van der Waals surface area contributed by atoms with Crippen molar-refractivity contribution in [3.8, 4) is 6.07 Å². The third-order valence-corrected chi connectivity index (χ3v) is 2.30. The molecular weight excluding hydrogens is 196 g/mol. The van der Waals surface area contributed by atoms with Crippen molar-refractivity contribution < 1.29 is 9.32 Å². The van der Waals surface area contributed by atoms with Gasteiger partial charge in [-0.05, 0) is 0 Å². The largest absolute Gasteiger partial charge is 0.340 e. The van der Waals surface area contributed by atoms with E-state index in [1.807, 2.05) is 0 Å². The lowest BCUT2D eigenvalue weighted by atomic mass is 10.1. The molecule has 78 valence electrons. The Hall–Kier alpha value is -1.90. The summed E-state index contributed by atoms with van der Waals surface area (Å²) in [5.74, 6) is 0.738. The Labute approximate surface area is 86.5 Å². The van der Waals surface area contributed by atoms with Gasteiger partial charge in [-0.1, -0.05) is 5.16 Å². The highest BCUT2D eigenvalue weighted by molar-refractivity contribution is 5.79. The SMILES string of the molecule is Cc1nc(CN2CC(C#N)CC2=O)no1. The third kappa shape index (κ3) is 1.96. The minimum atomic E-state index is -0.203. The molecule has 0 radical (unpaired) electrons. The lowest BCUT2D eigenvalue weighted by Crippen LogP contribution is -2.25. The molecular formula is C9H10N4O2. The molecule has 1 atom stereocenters. The molecule has 1 saturated heterocycles. The van der Waals surface area contributed by atoms with Crippen molar-refractivity contribution in [3.05, 3.63) is 11.7 Å². The summed E-state index contributed by atoms with van der Waals surface area (Å²) in [4.78, 5) is 17.0. The quantitative estimate of drug-likeness (QED) is 0.692. The second-order valence-corrected chi connectivity index (χ2v) is 3.53. The molecule has 0 aromatic carbocycles. The Morgan fingerprint density at radius 3 is 3.07 bits per heavy atom. The summed E-state index contributed by atoms with van der Waals surface area (Å²) in [7, 11) is 0. The fourth-order valence-corrected chi connectivity index (χ4v) is 1.59. The summed E-state index contributed by atoms with van der Waals surface area (Å²) in [6.07, 6.45) is 0.299. The Bertz CT molecular complexity index is 420. The minimum absolute atomic E-state index is 0.0241. The topological polar surface area (TPSA) is 83.0 Å². The van der Waals surface area contributed by atoms with Gasteiger partial charge in [0.05, 0.1) is 18.5 Å². The molecule has 2 rings (SSSR count). The number of nitrogens with zero attached hydrogens (tertiary/aromatic N) is 4. The molecule has 0 saturated carbocycles. The number of nitriles is 1. The predicted molar refractivity (Wildman–Crippen MR) is 48.2 cm³/mol. The number of carbonyl (C=O) groups excluding carboxylic acids is 1.